The first-order chi connectivity index (χ1) is 6.33. The van der Waals surface area contributed by atoms with Crippen molar-refractivity contribution in [1.29, 1.82) is 0 Å². The van der Waals surface area contributed by atoms with Crippen LogP contribution in [0, 0.1) is 0 Å². The van der Waals surface area contributed by atoms with E-state index in [0.29, 0.717) is 5.92 Å². The van der Waals surface area contributed by atoms with Crippen LogP contribution in [0.25, 0.3) is 0 Å². The minimum atomic E-state index is 0.585. The maximum atomic E-state index is 8.81. The fraction of sp³-hybridized carbons (Fsp3) is 0.364. The van der Waals surface area contributed by atoms with Gasteiger partial charge in [-0.2, -0.15) is 0 Å². The van der Waals surface area contributed by atoms with Crippen molar-refractivity contribution in [3.8, 4) is 0 Å². The van der Waals surface area contributed by atoms with E-state index < -0.39 is 0 Å². The maximum Gasteiger partial charge on any atom is 0.0870 e. The highest BCUT2D eigenvalue weighted by Gasteiger charge is 2.20. The Bertz CT molecular complexity index is 344. The third-order valence-electron chi connectivity index (χ3n) is 2.74. The van der Waals surface area contributed by atoms with Gasteiger partial charge in [-0.15, -0.1) is 0 Å². The molecule has 1 aliphatic rings. The molecule has 1 aromatic carbocycles. The standard InChI is InChI=1S/C11H13NO/c1-8-6-7-11(12-13)10-5-3-2-4-9(8)10/h2-5,8,13H,6-7H2,1H3/b12-11-. The summed E-state index contributed by atoms with van der Waals surface area (Å²) in [7, 11) is 0. The van der Waals surface area contributed by atoms with Gasteiger partial charge >= 0.3 is 0 Å². The molecule has 0 fully saturated rings. The third kappa shape index (κ3) is 1.32. The van der Waals surface area contributed by atoms with E-state index in [0.717, 1.165) is 24.1 Å². The monoisotopic (exact) mass is 175 g/mol. The van der Waals surface area contributed by atoms with Gasteiger partial charge in [0.05, 0.1) is 5.71 Å². The lowest BCUT2D eigenvalue weighted by Crippen LogP contribution is -2.14. The predicted molar refractivity (Wildman–Crippen MR) is 52.4 cm³/mol. The Kier molecular flexibility index (Phi) is 2.05. The van der Waals surface area contributed by atoms with E-state index in [2.05, 4.69) is 18.1 Å². The van der Waals surface area contributed by atoms with Crippen molar-refractivity contribution in [2.75, 3.05) is 0 Å². The molecule has 2 heteroatoms. The van der Waals surface area contributed by atoms with E-state index >= 15 is 0 Å². The molecule has 68 valence electrons. The minimum Gasteiger partial charge on any atom is -0.411 e. The van der Waals surface area contributed by atoms with Crippen molar-refractivity contribution in [3.05, 3.63) is 35.4 Å². The molecule has 2 rings (SSSR count). The normalized spacial score (nSPS) is 24.4. The number of fused-ring (bicyclic) bond motifs is 1. The molecular formula is C11H13NO. The van der Waals surface area contributed by atoms with Crippen LogP contribution < -0.4 is 0 Å². The molecule has 0 amide bonds. The number of benzene rings is 1. The summed E-state index contributed by atoms with van der Waals surface area (Å²) in [4.78, 5) is 0. The van der Waals surface area contributed by atoms with Gasteiger partial charge in [0.2, 0.25) is 0 Å². The summed E-state index contributed by atoms with van der Waals surface area (Å²) in [5, 5.41) is 12.2. The van der Waals surface area contributed by atoms with Gasteiger partial charge in [0.1, 0.15) is 0 Å². The van der Waals surface area contributed by atoms with Gasteiger partial charge < -0.3 is 5.21 Å². The molecule has 0 aliphatic heterocycles. The molecule has 2 nitrogen and oxygen atoms in total. The van der Waals surface area contributed by atoms with Crippen LogP contribution in [-0.4, -0.2) is 10.9 Å². The van der Waals surface area contributed by atoms with Crippen LogP contribution in [0.3, 0.4) is 0 Å². The van der Waals surface area contributed by atoms with Gasteiger partial charge in [0.25, 0.3) is 0 Å². The molecule has 1 unspecified atom stereocenters. The summed E-state index contributed by atoms with van der Waals surface area (Å²) in [5.74, 6) is 0.585. The van der Waals surface area contributed by atoms with Gasteiger partial charge in [0.15, 0.2) is 0 Å². The van der Waals surface area contributed by atoms with Gasteiger partial charge in [-0.25, -0.2) is 0 Å². The number of nitrogens with zero attached hydrogens (tertiary/aromatic N) is 1. The molecule has 0 radical (unpaired) electrons. The molecule has 1 atom stereocenters. The highest BCUT2D eigenvalue weighted by molar-refractivity contribution is 6.02. The van der Waals surface area contributed by atoms with Crippen LogP contribution >= 0.6 is 0 Å². The summed E-state index contributed by atoms with van der Waals surface area (Å²) in [6.45, 7) is 2.22. The Balaban J connectivity index is 2.54. The van der Waals surface area contributed by atoms with E-state index in [-0.39, 0.29) is 0 Å². The second-order valence-corrected chi connectivity index (χ2v) is 3.57. The molecule has 13 heavy (non-hydrogen) atoms. The predicted octanol–water partition coefficient (Wildman–Crippen LogP) is 2.76. The zero-order valence-electron chi connectivity index (χ0n) is 7.70. The zero-order valence-corrected chi connectivity index (χ0v) is 7.70. The fourth-order valence-electron chi connectivity index (χ4n) is 1.94. The molecule has 1 aliphatic carbocycles. The number of rotatable bonds is 0. The van der Waals surface area contributed by atoms with Crippen LogP contribution in [0.15, 0.2) is 29.4 Å². The second kappa shape index (κ2) is 3.21. The van der Waals surface area contributed by atoms with Gasteiger partial charge in [-0.05, 0) is 24.3 Å². The van der Waals surface area contributed by atoms with Gasteiger partial charge in [-0.1, -0.05) is 36.3 Å². The molecule has 0 aromatic heterocycles. The fourth-order valence-corrected chi connectivity index (χ4v) is 1.94. The average molecular weight is 175 g/mol. The molecule has 0 saturated carbocycles. The second-order valence-electron chi connectivity index (χ2n) is 3.57. The van der Waals surface area contributed by atoms with Crippen LogP contribution in [0.1, 0.15) is 36.8 Å². The average Bonchev–Trinajstić information content (AvgIpc) is 2.19. The van der Waals surface area contributed by atoms with Crippen molar-refractivity contribution in [2.24, 2.45) is 5.16 Å². The highest BCUT2D eigenvalue weighted by Crippen LogP contribution is 2.30. The Hall–Kier alpha value is -1.31. The topological polar surface area (TPSA) is 32.6 Å². The smallest absolute Gasteiger partial charge is 0.0870 e. The Morgan fingerprint density at radius 1 is 1.38 bits per heavy atom. The van der Waals surface area contributed by atoms with E-state index in [1.54, 1.807) is 0 Å². The Labute approximate surface area is 77.9 Å². The first-order valence-electron chi connectivity index (χ1n) is 4.63. The van der Waals surface area contributed by atoms with Crippen LogP contribution in [0.2, 0.25) is 0 Å². The van der Waals surface area contributed by atoms with E-state index in [1.807, 2.05) is 18.2 Å². The summed E-state index contributed by atoms with van der Waals surface area (Å²) in [5.41, 5.74) is 3.25. The summed E-state index contributed by atoms with van der Waals surface area (Å²) in [6.07, 6.45) is 1.96. The summed E-state index contributed by atoms with van der Waals surface area (Å²) < 4.78 is 0. The molecule has 1 N–H and O–H groups in total. The van der Waals surface area contributed by atoms with E-state index in [4.69, 9.17) is 5.21 Å². The van der Waals surface area contributed by atoms with Crippen molar-refractivity contribution in [3.63, 3.8) is 0 Å². The first kappa shape index (κ1) is 8.30. The lowest BCUT2D eigenvalue weighted by atomic mass is 9.83. The van der Waals surface area contributed by atoms with Crippen LogP contribution in [0.4, 0.5) is 0 Å². The van der Waals surface area contributed by atoms with Crippen molar-refractivity contribution < 1.29 is 5.21 Å². The van der Waals surface area contributed by atoms with Crippen molar-refractivity contribution in [2.45, 2.75) is 25.7 Å². The molecule has 0 spiro atoms. The lowest BCUT2D eigenvalue weighted by Gasteiger charge is -2.22. The number of hydrogen-bond donors (Lipinski definition) is 1. The van der Waals surface area contributed by atoms with Crippen LogP contribution in [-0.2, 0) is 0 Å². The molecule has 0 bridgehead atoms. The number of hydrogen-bond acceptors (Lipinski definition) is 2. The largest absolute Gasteiger partial charge is 0.411 e. The van der Waals surface area contributed by atoms with Crippen LogP contribution in [0.5, 0.6) is 0 Å². The SMILES string of the molecule is CC1CC/C(=N/O)c2ccccc21. The number of oxime groups is 1. The van der Waals surface area contributed by atoms with Crippen molar-refractivity contribution >= 4 is 5.71 Å². The van der Waals surface area contributed by atoms with E-state index in [1.165, 1.54) is 5.56 Å². The lowest BCUT2D eigenvalue weighted by molar-refractivity contribution is 0.317. The first-order valence-corrected chi connectivity index (χ1v) is 4.63. The van der Waals surface area contributed by atoms with E-state index in [9.17, 15) is 0 Å². The Morgan fingerprint density at radius 3 is 2.92 bits per heavy atom. The maximum absolute atomic E-state index is 8.81. The van der Waals surface area contributed by atoms with Gasteiger partial charge in [-0.3, -0.25) is 0 Å². The summed E-state index contributed by atoms with van der Waals surface area (Å²) in [6, 6.07) is 8.17. The summed E-state index contributed by atoms with van der Waals surface area (Å²) >= 11 is 0. The minimum absolute atomic E-state index is 0.585. The van der Waals surface area contributed by atoms with Gasteiger partial charge in [0, 0.05) is 5.56 Å². The zero-order chi connectivity index (χ0) is 9.26. The quantitative estimate of drug-likeness (QED) is 0.477. The molecule has 0 heterocycles. The van der Waals surface area contributed by atoms with Crippen molar-refractivity contribution in [1.82, 2.24) is 0 Å². The Morgan fingerprint density at radius 2 is 2.15 bits per heavy atom. The molecule has 1 aromatic rings. The molecule has 0 saturated heterocycles. The third-order valence-corrected chi connectivity index (χ3v) is 2.74. The highest BCUT2D eigenvalue weighted by atomic mass is 16.4. The molecular weight excluding hydrogens is 162 g/mol.